The van der Waals surface area contributed by atoms with Crippen LogP contribution in [0.5, 0.6) is 0 Å². The van der Waals surface area contributed by atoms with Crippen LogP contribution in [-0.2, 0) is 14.8 Å². The van der Waals surface area contributed by atoms with Crippen molar-refractivity contribution in [2.45, 2.75) is 19.1 Å². The van der Waals surface area contributed by atoms with E-state index in [1.165, 1.54) is 13.8 Å². The quantitative estimate of drug-likeness (QED) is 0.605. The molecule has 0 heterocycles. The van der Waals surface area contributed by atoms with Crippen molar-refractivity contribution in [3.05, 3.63) is 0 Å². The van der Waals surface area contributed by atoms with Gasteiger partial charge in [0.15, 0.2) is 0 Å². The maximum Gasteiger partial charge on any atom is 0.247 e. The zero-order valence-corrected chi connectivity index (χ0v) is 8.23. The molecule has 5 nitrogen and oxygen atoms in total. The smallest absolute Gasteiger partial charge is 0.247 e. The van der Waals surface area contributed by atoms with Crippen molar-refractivity contribution in [1.82, 2.24) is 10.0 Å². The third kappa shape index (κ3) is 3.68. The van der Waals surface area contributed by atoms with Crippen molar-refractivity contribution >= 4 is 15.9 Å². The maximum atomic E-state index is 11.1. The lowest BCUT2D eigenvalue weighted by Crippen LogP contribution is -2.40. The van der Waals surface area contributed by atoms with E-state index in [1.54, 1.807) is 7.05 Å². The minimum absolute atomic E-state index is 0.00590. The van der Waals surface area contributed by atoms with Crippen LogP contribution < -0.4 is 10.0 Å². The highest BCUT2D eigenvalue weighted by Crippen LogP contribution is 1.94. The molecule has 0 saturated carbocycles. The molecular formula is C6H14N2O3S. The van der Waals surface area contributed by atoms with Gasteiger partial charge in [0.05, 0.1) is 11.8 Å². The number of rotatable bonds is 4. The van der Waals surface area contributed by atoms with Crippen molar-refractivity contribution in [3.63, 3.8) is 0 Å². The summed E-state index contributed by atoms with van der Waals surface area (Å²) in [6, 6.07) is 0. The molecule has 0 aromatic rings. The molecule has 0 saturated heterocycles. The van der Waals surface area contributed by atoms with Gasteiger partial charge in [-0.3, -0.25) is 9.52 Å². The summed E-state index contributed by atoms with van der Waals surface area (Å²) in [5, 5.41) is 1.97. The van der Waals surface area contributed by atoms with Gasteiger partial charge in [-0.25, -0.2) is 8.42 Å². The van der Waals surface area contributed by atoms with E-state index in [2.05, 4.69) is 5.32 Å². The summed E-state index contributed by atoms with van der Waals surface area (Å²) >= 11 is 0. The van der Waals surface area contributed by atoms with Gasteiger partial charge in [-0.2, -0.15) is 0 Å². The number of hydrogen-bond acceptors (Lipinski definition) is 4. The first-order valence-corrected chi connectivity index (χ1v) is 5.14. The topological polar surface area (TPSA) is 75.3 Å². The molecule has 2 N–H and O–H groups in total. The number of hydrogen-bond donors (Lipinski definition) is 2. The Balaban J connectivity index is 4.17. The van der Waals surface area contributed by atoms with E-state index in [4.69, 9.17) is 0 Å². The van der Waals surface area contributed by atoms with Crippen molar-refractivity contribution in [1.29, 1.82) is 0 Å². The highest BCUT2D eigenvalue weighted by atomic mass is 32.2. The fraction of sp³-hybridized carbons (Fsp3) is 0.833. The van der Waals surface area contributed by atoms with Crippen LogP contribution in [0.15, 0.2) is 0 Å². The molecular weight excluding hydrogens is 180 g/mol. The van der Waals surface area contributed by atoms with Crippen LogP contribution in [-0.4, -0.2) is 33.2 Å². The van der Waals surface area contributed by atoms with E-state index in [9.17, 15) is 13.2 Å². The summed E-state index contributed by atoms with van der Waals surface area (Å²) in [4.78, 5) is 10.8. The number of amides is 1. The van der Waals surface area contributed by atoms with Gasteiger partial charge in [-0.15, -0.1) is 0 Å². The van der Waals surface area contributed by atoms with Crippen LogP contribution in [0.25, 0.3) is 0 Å². The minimum atomic E-state index is -3.46. The molecule has 0 aliphatic carbocycles. The Morgan fingerprint density at radius 3 is 2.25 bits per heavy atom. The van der Waals surface area contributed by atoms with Crippen LogP contribution >= 0.6 is 0 Å². The first-order valence-electron chi connectivity index (χ1n) is 3.59. The van der Waals surface area contributed by atoms with E-state index in [1.807, 2.05) is 4.72 Å². The summed E-state index contributed by atoms with van der Waals surface area (Å²) in [5.74, 6) is -0.536. The standard InChI is InChI=1S/C6H14N2O3S/c1-5(2)12(10,11)8-6(9)4-7-3/h5,7H,4H2,1-3H3,(H,8,9). The molecule has 72 valence electrons. The van der Waals surface area contributed by atoms with Gasteiger partial charge >= 0.3 is 0 Å². The Hall–Kier alpha value is -0.620. The summed E-state index contributed by atoms with van der Waals surface area (Å²) in [7, 11) is -1.89. The summed E-state index contributed by atoms with van der Waals surface area (Å²) in [5.41, 5.74) is 0. The van der Waals surface area contributed by atoms with Crippen molar-refractivity contribution < 1.29 is 13.2 Å². The van der Waals surface area contributed by atoms with Gasteiger partial charge in [0.2, 0.25) is 15.9 Å². The predicted molar refractivity (Wildman–Crippen MR) is 46.1 cm³/mol. The van der Waals surface area contributed by atoms with Gasteiger partial charge in [-0.1, -0.05) is 0 Å². The van der Waals surface area contributed by atoms with Crippen LogP contribution in [0.2, 0.25) is 0 Å². The van der Waals surface area contributed by atoms with Crippen molar-refractivity contribution in [3.8, 4) is 0 Å². The normalized spacial score (nSPS) is 11.7. The average molecular weight is 194 g/mol. The van der Waals surface area contributed by atoms with Crippen LogP contribution in [0.4, 0.5) is 0 Å². The Labute approximate surface area is 72.6 Å². The Bertz CT molecular complexity index is 246. The number of carbonyl (C=O) groups excluding carboxylic acids is 1. The summed E-state index contributed by atoms with van der Waals surface area (Å²) in [6.07, 6.45) is 0. The SMILES string of the molecule is CNCC(=O)NS(=O)(=O)C(C)C. The lowest BCUT2D eigenvalue weighted by atomic mass is 10.6. The lowest BCUT2D eigenvalue weighted by molar-refractivity contribution is -0.118. The van der Waals surface area contributed by atoms with Gasteiger partial charge in [0, 0.05) is 0 Å². The Morgan fingerprint density at radius 2 is 1.92 bits per heavy atom. The van der Waals surface area contributed by atoms with Gasteiger partial charge in [0.25, 0.3) is 0 Å². The molecule has 0 fully saturated rings. The summed E-state index contributed by atoms with van der Waals surface area (Å²) in [6.45, 7) is 3.02. The monoisotopic (exact) mass is 194 g/mol. The lowest BCUT2D eigenvalue weighted by Gasteiger charge is -2.08. The molecule has 0 aromatic carbocycles. The molecule has 0 bridgehead atoms. The fourth-order valence-electron chi connectivity index (χ4n) is 0.473. The average Bonchev–Trinajstić information content (AvgIpc) is 1.85. The zero-order valence-electron chi connectivity index (χ0n) is 7.42. The molecule has 0 atom stereocenters. The number of sulfonamides is 1. The highest BCUT2D eigenvalue weighted by molar-refractivity contribution is 7.90. The molecule has 0 aliphatic rings. The van der Waals surface area contributed by atoms with E-state index in [-0.39, 0.29) is 6.54 Å². The van der Waals surface area contributed by atoms with Crippen LogP contribution in [0.3, 0.4) is 0 Å². The van der Waals surface area contributed by atoms with Gasteiger partial charge in [-0.05, 0) is 20.9 Å². The molecule has 0 aromatic heterocycles. The second kappa shape index (κ2) is 4.42. The van der Waals surface area contributed by atoms with Gasteiger partial charge in [0.1, 0.15) is 0 Å². The largest absolute Gasteiger partial charge is 0.311 e. The van der Waals surface area contributed by atoms with E-state index in [0.29, 0.717) is 0 Å². The Morgan fingerprint density at radius 1 is 1.42 bits per heavy atom. The molecule has 0 spiro atoms. The third-order valence-corrected chi connectivity index (χ3v) is 2.97. The molecule has 0 aliphatic heterocycles. The Kier molecular flexibility index (Phi) is 4.19. The van der Waals surface area contributed by atoms with Gasteiger partial charge < -0.3 is 5.32 Å². The summed E-state index contributed by atoms with van der Waals surface area (Å²) < 4.78 is 24.0. The molecule has 1 amide bonds. The second-order valence-electron chi connectivity index (χ2n) is 2.65. The van der Waals surface area contributed by atoms with Crippen LogP contribution in [0.1, 0.15) is 13.8 Å². The first-order chi connectivity index (χ1) is 5.40. The number of carbonyl (C=O) groups is 1. The van der Waals surface area contributed by atoms with E-state index in [0.717, 1.165) is 0 Å². The molecule has 0 radical (unpaired) electrons. The van der Waals surface area contributed by atoms with Crippen molar-refractivity contribution in [2.75, 3.05) is 13.6 Å². The minimum Gasteiger partial charge on any atom is -0.311 e. The molecule has 0 unspecified atom stereocenters. The molecule has 12 heavy (non-hydrogen) atoms. The van der Waals surface area contributed by atoms with Crippen LogP contribution in [0, 0.1) is 0 Å². The first kappa shape index (κ1) is 11.4. The van der Waals surface area contributed by atoms with E-state index < -0.39 is 21.2 Å². The third-order valence-electron chi connectivity index (χ3n) is 1.21. The van der Waals surface area contributed by atoms with E-state index >= 15 is 0 Å². The predicted octanol–water partition coefficient (Wildman–Crippen LogP) is -0.940. The zero-order chi connectivity index (χ0) is 9.78. The molecule has 6 heteroatoms. The molecule has 0 rings (SSSR count). The fourth-order valence-corrected chi connectivity index (χ4v) is 1.10. The maximum absolute atomic E-state index is 11.1. The second-order valence-corrected chi connectivity index (χ2v) is 4.89. The highest BCUT2D eigenvalue weighted by Gasteiger charge is 2.17. The number of likely N-dealkylation sites (N-methyl/N-ethyl adjacent to an activating group) is 1. The number of nitrogens with one attached hydrogen (secondary N) is 2. The van der Waals surface area contributed by atoms with Crippen molar-refractivity contribution in [2.24, 2.45) is 0 Å².